The molecule has 3 aromatic rings. The molecule has 0 saturated carbocycles. The Morgan fingerprint density at radius 2 is 1.54 bits per heavy atom. The summed E-state index contributed by atoms with van der Waals surface area (Å²) in [5, 5.41) is 3.11. The van der Waals surface area contributed by atoms with Crippen LogP contribution < -0.4 is 5.32 Å². The molecule has 4 nitrogen and oxygen atoms in total. The smallest absolute Gasteiger partial charge is 0.255 e. The molecule has 0 bridgehead atoms. The van der Waals surface area contributed by atoms with E-state index in [9.17, 15) is 14.4 Å². The van der Waals surface area contributed by atoms with E-state index in [0.717, 1.165) is 0 Å². The van der Waals surface area contributed by atoms with Crippen molar-refractivity contribution < 1.29 is 14.4 Å². The lowest BCUT2D eigenvalue weighted by Crippen LogP contribution is -2.24. The highest BCUT2D eigenvalue weighted by molar-refractivity contribution is 6.34. The summed E-state index contributed by atoms with van der Waals surface area (Å²) in [4.78, 5) is 38.2. The summed E-state index contributed by atoms with van der Waals surface area (Å²) < 4.78 is 0. The zero-order valence-electron chi connectivity index (χ0n) is 13.5. The van der Waals surface area contributed by atoms with Crippen molar-refractivity contribution in [2.45, 2.75) is 0 Å². The van der Waals surface area contributed by atoms with E-state index in [1.807, 2.05) is 6.07 Å². The second kappa shape index (κ2) is 6.24. The average molecular weight is 362 g/mol. The zero-order valence-corrected chi connectivity index (χ0v) is 14.2. The summed E-state index contributed by atoms with van der Waals surface area (Å²) in [7, 11) is 0. The van der Waals surface area contributed by atoms with E-state index < -0.39 is 0 Å². The molecule has 1 aliphatic carbocycles. The van der Waals surface area contributed by atoms with Crippen molar-refractivity contribution in [2.75, 3.05) is 5.32 Å². The maximum atomic E-state index is 13.0. The van der Waals surface area contributed by atoms with Crippen LogP contribution in [0.15, 0.2) is 66.7 Å². The first-order chi connectivity index (χ1) is 12.6. The third-order valence-electron chi connectivity index (χ3n) is 4.29. The lowest BCUT2D eigenvalue weighted by atomic mass is 9.83. The van der Waals surface area contributed by atoms with Crippen LogP contribution in [-0.4, -0.2) is 17.5 Å². The predicted octanol–water partition coefficient (Wildman–Crippen LogP) is 4.37. The number of hydrogen-bond acceptors (Lipinski definition) is 3. The molecule has 0 atom stereocenters. The highest BCUT2D eigenvalue weighted by Crippen LogP contribution is 2.33. The number of carbonyl (C=O) groups is 3. The van der Waals surface area contributed by atoms with Gasteiger partial charge >= 0.3 is 0 Å². The molecule has 4 rings (SSSR count). The maximum Gasteiger partial charge on any atom is 0.255 e. The molecule has 26 heavy (non-hydrogen) atoms. The van der Waals surface area contributed by atoms with Crippen molar-refractivity contribution in [3.63, 3.8) is 0 Å². The highest BCUT2D eigenvalue weighted by atomic mass is 35.5. The van der Waals surface area contributed by atoms with Crippen molar-refractivity contribution in [1.82, 2.24) is 0 Å². The lowest BCUT2D eigenvalue weighted by Gasteiger charge is -2.20. The molecule has 3 aromatic carbocycles. The summed E-state index contributed by atoms with van der Waals surface area (Å²) in [6, 6.07) is 18.1. The molecule has 1 aliphatic rings. The van der Waals surface area contributed by atoms with Gasteiger partial charge in [0.15, 0.2) is 11.6 Å². The zero-order chi connectivity index (χ0) is 18.3. The van der Waals surface area contributed by atoms with Crippen LogP contribution >= 0.6 is 11.6 Å². The van der Waals surface area contributed by atoms with Crippen LogP contribution in [0.25, 0.3) is 0 Å². The molecule has 0 spiro atoms. The van der Waals surface area contributed by atoms with E-state index in [-0.39, 0.29) is 34.2 Å². The fraction of sp³-hybridized carbons (Fsp3) is 0. The fourth-order valence-electron chi connectivity index (χ4n) is 3.06. The van der Waals surface area contributed by atoms with E-state index in [4.69, 9.17) is 11.6 Å². The van der Waals surface area contributed by atoms with Crippen LogP contribution in [-0.2, 0) is 0 Å². The van der Waals surface area contributed by atoms with Crippen molar-refractivity contribution in [3.05, 3.63) is 99.6 Å². The van der Waals surface area contributed by atoms with Gasteiger partial charge in [-0.05, 0) is 36.4 Å². The molecule has 0 saturated heterocycles. The first-order valence-electron chi connectivity index (χ1n) is 7.94. The minimum Gasteiger partial charge on any atom is -0.321 e. The second-order valence-corrected chi connectivity index (χ2v) is 6.33. The van der Waals surface area contributed by atoms with E-state index in [2.05, 4.69) is 5.32 Å². The first-order valence-corrected chi connectivity index (χ1v) is 8.32. The monoisotopic (exact) mass is 361 g/mol. The molecule has 1 amide bonds. The number of rotatable bonds is 2. The standard InChI is InChI=1S/C21H12ClNO3/c22-13-9-10-14-16(11-13)20(25)18-15(19(14)24)7-4-8-17(18)23-21(26)12-5-2-1-3-6-12/h1-11H,(H,23,26). The molecule has 126 valence electrons. The Bertz CT molecular complexity index is 1070. The Morgan fingerprint density at radius 1 is 0.769 bits per heavy atom. The number of anilines is 1. The van der Waals surface area contributed by atoms with Gasteiger partial charge in [-0.25, -0.2) is 0 Å². The van der Waals surface area contributed by atoms with Gasteiger partial charge in [-0.15, -0.1) is 0 Å². The Balaban J connectivity index is 1.80. The Hall–Kier alpha value is -3.24. The Morgan fingerprint density at radius 3 is 2.31 bits per heavy atom. The van der Waals surface area contributed by atoms with E-state index in [0.29, 0.717) is 21.8 Å². The van der Waals surface area contributed by atoms with Crippen molar-refractivity contribution >= 4 is 34.8 Å². The second-order valence-electron chi connectivity index (χ2n) is 5.90. The molecular weight excluding hydrogens is 350 g/mol. The van der Waals surface area contributed by atoms with Crippen molar-refractivity contribution in [1.29, 1.82) is 0 Å². The summed E-state index contributed by atoms with van der Waals surface area (Å²) in [5.41, 5.74) is 1.80. The summed E-state index contributed by atoms with van der Waals surface area (Å²) >= 11 is 5.99. The fourth-order valence-corrected chi connectivity index (χ4v) is 3.23. The molecule has 0 radical (unpaired) electrons. The van der Waals surface area contributed by atoms with E-state index in [1.54, 1.807) is 54.6 Å². The Labute approximate surface area is 154 Å². The molecule has 0 aromatic heterocycles. The molecular formula is C21H12ClNO3. The first kappa shape index (κ1) is 16.2. The minimum absolute atomic E-state index is 0.191. The predicted molar refractivity (Wildman–Crippen MR) is 99.2 cm³/mol. The molecule has 0 heterocycles. The summed E-state index contributed by atoms with van der Waals surface area (Å²) in [6.07, 6.45) is 0. The summed E-state index contributed by atoms with van der Waals surface area (Å²) in [6.45, 7) is 0. The SMILES string of the molecule is O=C(Nc1cccc2c1C(=O)c1cc(Cl)ccc1C2=O)c1ccccc1. The van der Waals surface area contributed by atoms with Crippen molar-refractivity contribution in [3.8, 4) is 0 Å². The number of carbonyl (C=O) groups excluding carboxylic acids is 3. The molecule has 0 unspecified atom stereocenters. The highest BCUT2D eigenvalue weighted by Gasteiger charge is 2.32. The Kier molecular flexibility index (Phi) is 3.90. The quantitative estimate of drug-likeness (QED) is 0.576. The number of hydrogen-bond donors (Lipinski definition) is 1. The third kappa shape index (κ3) is 2.61. The number of amides is 1. The van der Waals surface area contributed by atoms with E-state index in [1.165, 1.54) is 6.07 Å². The van der Waals surface area contributed by atoms with Crippen LogP contribution in [0.4, 0.5) is 5.69 Å². The normalized spacial score (nSPS) is 12.3. The molecule has 1 N–H and O–H groups in total. The number of nitrogens with one attached hydrogen (secondary N) is 1. The van der Waals surface area contributed by atoms with Crippen LogP contribution in [0, 0.1) is 0 Å². The van der Waals surface area contributed by atoms with Crippen LogP contribution in [0.5, 0.6) is 0 Å². The molecule has 5 heteroatoms. The van der Waals surface area contributed by atoms with Crippen LogP contribution in [0.1, 0.15) is 42.2 Å². The number of halogens is 1. The van der Waals surface area contributed by atoms with Gasteiger partial charge in [0.1, 0.15) is 0 Å². The van der Waals surface area contributed by atoms with Gasteiger partial charge < -0.3 is 5.32 Å². The number of benzene rings is 3. The topological polar surface area (TPSA) is 63.2 Å². The third-order valence-corrected chi connectivity index (χ3v) is 4.53. The van der Waals surface area contributed by atoms with Crippen molar-refractivity contribution in [2.24, 2.45) is 0 Å². The van der Waals surface area contributed by atoms with Gasteiger partial charge in [0.2, 0.25) is 0 Å². The van der Waals surface area contributed by atoms with Gasteiger partial charge in [0, 0.05) is 27.3 Å². The minimum atomic E-state index is -0.351. The number of ketones is 2. The maximum absolute atomic E-state index is 13.0. The number of fused-ring (bicyclic) bond motifs is 2. The largest absolute Gasteiger partial charge is 0.321 e. The summed E-state index contributed by atoms with van der Waals surface area (Å²) in [5.74, 6) is -0.945. The van der Waals surface area contributed by atoms with Gasteiger partial charge in [-0.1, -0.05) is 41.9 Å². The van der Waals surface area contributed by atoms with E-state index >= 15 is 0 Å². The molecule has 0 fully saturated rings. The van der Waals surface area contributed by atoms with Gasteiger partial charge in [0.25, 0.3) is 5.91 Å². The van der Waals surface area contributed by atoms with Crippen LogP contribution in [0.2, 0.25) is 5.02 Å². The van der Waals surface area contributed by atoms with Gasteiger partial charge in [0.05, 0.1) is 11.3 Å². The lowest BCUT2D eigenvalue weighted by molar-refractivity contribution is 0.0978. The molecule has 0 aliphatic heterocycles. The average Bonchev–Trinajstić information content (AvgIpc) is 2.66. The van der Waals surface area contributed by atoms with Gasteiger partial charge in [-0.3, -0.25) is 14.4 Å². The van der Waals surface area contributed by atoms with Gasteiger partial charge in [-0.2, -0.15) is 0 Å². The van der Waals surface area contributed by atoms with Crippen LogP contribution in [0.3, 0.4) is 0 Å².